The van der Waals surface area contributed by atoms with E-state index in [4.69, 9.17) is 4.74 Å². The molecule has 1 amide bonds. The summed E-state index contributed by atoms with van der Waals surface area (Å²) in [5.74, 6) is -0.0589. The van der Waals surface area contributed by atoms with Gasteiger partial charge in [-0.15, -0.1) is 0 Å². The summed E-state index contributed by atoms with van der Waals surface area (Å²) in [5, 5.41) is 2.96. The summed E-state index contributed by atoms with van der Waals surface area (Å²) in [6, 6.07) is 0.0420. The number of amides is 1. The number of carbonyl (C=O) groups is 1. The molecule has 0 aromatic rings. The van der Waals surface area contributed by atoms with Gasteiger partial charge in [0, 0.05) is 39.8 Å². The van der Waals surface area contributed by atoms with Gasteiger partial charge in [0.05, 0.1) is 0 Å². The molecule has 1 unspecified atom stereocenters. The van der Waals surface area contributed by atoms with E-state index < -0.39 is 10.2 Å². The summed E-state index contributed by atoms with van der Waals surface area (Å²) >= 11 is 0. The van der Waals surface area contributed by atoms with Crippen LogP contribution in [0.15, 0.2) is 0 Å². The minimum Gasteiger partial charge on any atom is -0.368 e. The highest BCUT2D eigenvalue weighted by Crippen LogP contribution is 2.17. The van der Waals surface area contributed by atoms with Crippen LogP contribution in [0, 0.1) is 0 Å². The first kappa shape index (κ1) is 15.7. The van der Waals surface area contributed by atoms with Gasteiger partial charge in [-0.3, -0.25) is 4.79 Å². The third kappa shape index (κ3) is 3.49. The van der Waals surface area contributed by atoms with Crippen molar-refractivity contribution >= 4 is 16.1 Å². The third-order valence-electron chi connectivity index (χ3n) is 3.81. The first-order chi connectivity index (χ1) is 9.41. The van der Waals surface area contributed by atoms with Gasteiger partial charge < -0.3 is 10.1 Å². The predicted octanol–water partition coefficient (Wildman–Crippen LogP) is -0.448. The standard InChI is InChI=1S/C12H23N3O4S/c1-14(2)20(17,18)15-7-5-10(6-8-15)13-12(16)11-4-3-9-19-11/h10-11H,3-9H2,1-2H3,(H,13,16). The molecule has 116 valence electrons. The molecule has 0 aromatic heterocycles. The van der Waals surface area contributed by atoms with E-state index in [-0.39, 0.29) is 18.1 Å². The Balaban J connectivity index is 1.81. The van der Waals surface area contributed by atoms with Crippen LogP contribution in [0.25, 0.3) is 0 Å². The van der Waals surface area contributed by atoms with Gasteiger partial charge in [-0.2, -0.15) is 17.0 Å². The van der Waals surface area contributed by atoms with Crippen LogP contribution in [0.3, 0.4) is 0 Å². The van der Waals surface area contributed by atoms with E-state index >= 15 is 0 Å². The van der Waals surface area contributed by atoms with Crippen LogP contribution in [0.2, 0.25) is 0 Å². The summed E-state index contributed by atoms with van der Waals surface area (Å²) in [4.78, 5) is 11.9. The minimum absolute atomic E-state index is 0.0420. The lowest BCUT2D eigenvalue weighted by molar-refractivity contribution is -0.131. The Morgan fingerprint density at radius 2 is 1.90 bits per heavy atom. The molecule has 1 N–H and O–H groups in total. The molecule has 2 aliphatic heterocycles. The van der Waals surface area contributed by atoms with Crippen LogP contribution in [0.1, 0.15) is 25.7 Å². The summed E-state index contributed by atoms with van der Waals surface area (Å²) in [6.45, 7) is 1.53. The molecule has 0 aromatic carbocycles. The quantitative estimate of drug-likeness (QED) is 0.763. The maximum Gasteiger partial charge on any atom is 0.281 e. The Kier molecular flexibility index (Phi) is 5.00. The zero-order chi connectivity index (χ0) is 14.8. The Bertz CT molecular complexity index is 438. The number of ether oxygens (including phenoxy) is 1. The molecule has 20 heavy (non-hydrogen) atoms. The van der Waals surface area contributed by atoms with Crippen molar-refractivity contribution in [2.75, 3.05) is 33.8 Å². The van der Waals surface area contributed by atoms with Gasteiger partial charge in [0.25, 0.3) is 10.2 Å². The second-order valence-electron chi connectivity index (χ2n) is 5.47. The van der Waals surface area contributed by atoms with Crippen molar-refractivity contribution in [1.82, 2.24) is 13.9 Å². The Morgan fingerprint density at radius 3 is 2.40 bits per heavy atom. The topological polar surface area (TPSA) is 79.0 Å². The number of hydrogen-bond donors (Lipinski definition) is 1. The molecule has 0 saturated carbocycles. The molecule has 2 fully saturated rings. The molecule has 8 heteroatoms. The molecule has 2 saturated heterocycles. The van der Waals surface area contributed by atoms with E-state index in [9.17, 15) is 13.2 Å². The Hall–Kier alpha value is -0.700. The van der Waals surface area contributed by atoms with Crippen molar-refractivity contribution in [2.45, 2.75) is 37.8 Å². The second kappa shape index (κ2) is 6.38. The monoisotopic (exact) mass is 305 g/mol. The molecule has 2 rings (SSSR count). The number of nitrogens with zero attached hydrogens (tertiary/aromatic N) is 2. The maximum absolute atomic E-state index is 12.0. The number of piperidine rings is 1. The Morgan fingerprint density at radius 1 is 1.25 bits per heavy atom. The van der Waals surface area contributed by atoms with Crippen molar-refractivity contribution in [2.24, 2.45) is 0 Å². The molecule has 2 heterocycles. The highest BCUT2D eigenvalue weighted by Gasteiger charge is 2.31. The lowest BCUT2D eigenvalue weighted by Crippen LogP contribution is -2.50. The molecule has 0 bridgehead atoms. The molecular weight excluding hydrogens is 282 g/mol. The first-order valence-corrected chi connectivity index (χ1v) is 8.40. The normalized spacial score (nSPS) is 26.1. The van der Waals surface area contributed by atoms with E-state index in [1.165, 1.54) is 22.7 Å². The zero-order valence-corrected chi connectivity index (χ0v) is 12.9. The molecular formula is C12H23N3O4S. The third-order valence-corrected chi connectivity index (χ3v) is 5.75. The van der Waals surface area contributed by atoms with Crippen molar-refractivity contribution in [1.29, 1.82) is 0 Å². The van der Waals surface area contributed by atoms with Crippen LogP contribution in [0.5, 0.6) is 0 Å². The van der Waals surface area contributed by atoms with Crippen molar-refractivity contribution in [3.8, 4) is 0 Å². The minimum atomic E-state index is -3.34. The average molecular weight is 305 g/mol. The van der Waals surface area contributed by atoms with Gasteiger partial charge in [-0.1, -0.05) is 0 Å². The van der Waals surface area contributed by atoms with Gasteiger partial charge in [0.2, 0.25) is 5.91 Å². The van der Waals surface area contributed by atoms with E-state index in [1.54, 1.807) is 0 Å². The van der Waals surface area contributed by atoms with Crippen LogP contribution < -0.4 is 5.32 Å². The highest BCUT2D eigenvalue weighted by molar-refractivity contribution is 7.86. The average Bonchev–Trinajstić information content (AvgIpc) is 2.93. The molecule has 1 atom stereocenters. The zero-order valence-electron chi connectivity index (χ0n) is 12.0. The fourth-order valence-corrected chi connectivity index (χ4v) is 3.67. The van der Waals surface area contributed by atoms with E-state index in [1.807, 2.05) is 0 Å². The molecule has 2 aliphatic rings. The first-order valence-electron chi connectivity index (χ1n) is 7.01. The summed E-state index contributed by atoms with van der Waals surface area (Å²) in [5.41, 5.74) is 0. The van der Waals surface area contributed by atoms with Crippen molar-refractivity contribution in [3.63, 3.8) is 0 Å². The number of rotatable bonds is 4. The van der Waals surface area contributed by atoms with Crippen LogP contribution in [0.4, 0.5) is 0 Å². The fraction of sp³-hybridized carbons (Fsp3) is 0.917. The maximum atomic E-state index is 12.0. The van der Waals surface area contributed by atoms with Gasteiger partial charge in [0.15, 0.2) is 0 Å². The van der Waals surface area contributed by atoms with Crippen LogP contribution in [-0.4, -0.2) is 68.9 Å². The molecule has 0 spiro atoms. The number of nitrogens with one attached hydrogen (secondary N) is 1. The fourth-order valence-electron chi connectivity index (χ4n) is 2.54. The van der Waals surface area contributed by atoms with Gasteiger partial charge in [0.1, 0.15) is 6.10 Å². The SMILES string of the molecule is CN(C)S(=O)(=O)N1CCC(NC(=O)C2CCCO2)CC1. The van der Waals surface area contributed by atoms with Gasteiger partial charge in [-0.05, 0) is 25.7 Å². The lowest BCUT2D eigenvalue weighted by atomic mass is 10.1. The summed E-state index contributed by atoms with van der Waals surface area (Å²) < 4.78 is 32.0. The predicted molar refractivity (Wildman–Crippen MR) is 74.3 cm³/mol. The van der Waals surface area contributed by atoms with Crippen LogP contribution >= 0.6 is 0 Å². The smallest absolute Gasteiger partial charge is 0.281 e. The molecule has 0 radical (unpaired) electrons. The van der Waals surface area contributed by atoms with E-state index in [2.05, 4.69) is 5.32 Å². The number of carbonyl (C=O) groups excluding carboxylic acids is 1. The van der Waals surface area contributed by atoms with Crippen molar-refractivity contribution in [3.05, 3.63) is 0 Å². The van der Waals surface area contributed by atoms with E-state index in [0.717, 1.165) is 12.8 Å². The largest absolute Gasteiger partial charge is 0.368 e. The molecule has 0 aliphatic carbocycles. The lowest BCUT2D eigenvalue weighted by Gasteiger charge is -2.33. The summed E-state index contributed by atoms with van der Waals surface area (Å²) in [7, 11) is -0.281. The highest BCUT2D eigenvalue weighted by atomic mass is 32.2. The summed E-state index contributed by atoms with van der Waals surface area (Å²) in [6.07, 6.45) is 2.67. The number of hydrogen-bond acceptors (Lipinski definition) is 4. The van der Waals surface area contributed by atoms with E-state index in [0.29, 0.717) is 32.5 Å². The van der Waals surface area contributed by atoms with Crippen molar-refractivity contribution < 1.29 is 17.9 Å². The Labute approximate surface area is 120 Å². The second-order valence-corrected chi connectivity index (χ2v) is 7.62. The van der Waals surface area contributed by atoms with Crippen LogP contribution in [-0.2, 0) is 19.7 Å². The van der Waals surface area contributed by atoms with Gasteiger partial charge in [-0.25, -0.2) is 0 Å². The molecule has 7 nitrogen and oxygen atoms in total. The van der Waals surface area contributed by atoms with Gasteiger partial charge >= 0.3 is 0 Å².